The second-order valence-electron chi connectivity index (χ2n) is 7.64. The first-order valence-corrected chi connectivity index (χ1v) is 10.4. The van der Waals surface area contributed by atoms with E-state index in [2.05, 4.69) is 17.4 Å². The number of piperidine rings is 1. The molecule has 6 heteroatoms. The van der Waals surface area contributed by atoms with Crippen molar-refractivity contribution in [1.82, 2.24) is 5.32 Å². The van der Waals surface area contributed by atoms with Crippen LogP contribution < -0.4 is 10.2 Å². The van der Waals surface area contributed by atoms with Gasteiger partial charge in [0.15, 0.2) is 5.76 Å². The fourth-order valence-corrected chi connectivity index (χ4v) is 4.18. The Bertz CT molecular complexity index is 975. The van der Waals surface area contributed by atoms with E-state index in [1.165, 1.54) is 10.5 Å². The molecule has 4 rings (SSSR count). The highest BCUT2D eigenvalue weighted by Crippen LogP contribution is 2.26. The minimum absolute atomic E-state index is 0.153. The van der Waals surface area contributed by atoms with Gasteiger partial charge < -0.3 is 19.4 Å². The molecule has 3 aromatic rings. The van der Waals surface area contributed by atoms with Gasteiger partial charge in [-0.25, -0.2) is 0 Å². The minimum Gasteiger partial charge on any atom is -0.451 e. The fourth-order valence-electron chi connectivity index (χ4n) is 4.06. The molecule has 2 N–H and O–H groups in total. The molecular formula is C23H26ClN2O3+. The molecule has 2 heterocycles. The van der Waals surface area contributed by atoms with Crippen LogP contribution in [0.5, 0.6) is 0 Å². The summed E-state index contributed by atoms with van der Waals surface area (Å²) in [4.78, 5) is 14.4. The van der Waals surface area contributed by atoms with Crippen molar-refractivity contribution in [3.8, 4) is 0 Å². The highest BCUT2D eigenvalue weighted by Gasteiger charge is 2.27. The van der Waals surface area contributed by atoms with Crippen molar-refractivity contribution in [3.05, 3.63) is 70.4 Å². The molecule has 1 saturated heterocycles. The van der Waals surface area contributed by atoms with E-state index in [9.17, 15) is 4.79 Å². The number of carbonyl (C=O) groups excluding carboxylic acids is 1. The molecule has 0 radical (unpaired) electrons. The Morgan fingerprint density at radius 3 is 2.62 bits per heavy atom. The summed E-state index contributed by atoms with van der Waals surface area (Å²) in [6.45, 7) is 3.39. The monoisotopic (exact) mass is 413 g/mol. The predicted molar refractivity (Wildman–Crippen MR) is 113 cm³/mol. The number of para-hydroxylation sites is 1. The van der Waals surface area contributed by atoms with Crippen LogP contribution in [0.3, 0.4) is 0 Å². The lowest BCUT2D eigenvalue weighted by atomic mass is 10.0. The summed E-state index contributed by atoms with van der Waals surface area (Å²) in [5.41, 5.74) is 2.82. The first kappa shape index (κ1) is 20.0. The standard InChI is InChI=1S/C23H25ClN2O3/c1-28-15-20-19-4-2-3-5-21(19)29-22(20)23(27)25-18-10-12-26(13-11-18)14-16-6-8-17(24)9-7-16/h2-9,18H,10-15H2,1H3,(H,25,27)/p+1. The molecule has 1 aliphatic heterocycles. The van der Waals surface area contributed by atoms with Gasteiger partial charge in [-0.05, 0) is 18.2 Å². The molecule has 1 amide bonds. The van der Waals surface area contributed by atoms with Gasteiger partial charge in [0.05, 0.1) is 19.7 Å². The second-order valence-corrected chi connectivity index (χ2v) is 8.08. The molecule has 0 spiro atoms. The molecule has 1 aliphatic rings. The maximum atomic E-state index is 12.9. The number of furan rings is 1. The van der Waals surface area contributed by atoms with Crippen molar-refractivity contribution in [2.75, 3.05) is 20.2 Å². The van der Waals surface area contributed by atoms with Crippen LogP contribution in [0.2, 0.25) is 5.02 Å². The Kier molecular flexibility index (Phi) is 6.19. The Morgan fingerprint density at radius 1 is 1.17 bits per heavy atom. The Hall–Kier alpha value is -2.34. The van der Waals surface area contributed by atoms with Crippen LogP contribution >= 0.6 is 11.6 Å². The Labute approximate surface area is 175 Å². The summed E-state index contributed by atoms with van der Waals surface area (Å²) < 4.78 is 11.2. The van der Waals surface area contributed by atoms with Gasteiger partial charge >= 0.3 is 0 Å². The van der Waals surface area contributed by atoms with Gasteiger partial charge in [0.25, 0.3) is 5.91 Å². The molecule has 0 unspecified atom stereocenters. The Balaban J connectivity index is 1.37. The minimum atomic E-state index is -0.153. The lowest BCUT2D eigenvalue weighted by Gasteiger charge is -2.29. The number of carbonyl (C=O) groups is 1. The fraction of sp³-hybridized carbons (Fsp3) is 0.348. The number of benzene rings is 2. The molecule has 0 atom stereocenters. The zero-order chi connectivity index (χ0) is 20.2. The summed E-state index contributed by atoms with van der Waals surface area (Å²) in [6, 6.07) is 15.9. The quantitative estimate of drug-likeness (QED) is 0.652. The maximum Gasteiger partial charge on any atom is 0.287 e. The van der Waals surface area contributed by atoms with Gasteiger partial charge in [0.2, 0.25) is 0 Å². The number of rotatable bonds is 6. The van der Waals surface area contributed by atoms with E-state index >= 15 is 0 Å². The zero-order valence-corrected chi connectivity index (χ0v) is 17.3. The van der Waals surface area contributed by atoms with Crippen LogP contribution in [-0.2, 0) is 17.9 Å². The average molecular weight is 414 g/mol. The number of nitrogens with one attached hydrogen (secondary N) is 2. The first-order valence-electron chi connectivity index (χ1n) is 10.0. The average Bonchev–Trinajstić information content (AvgIpc) is 3.10. The molecule has 2 aromatic carbocycles. The van der Waals surface area contributed by atoms with Crippen LogP contribution in [0.1, 0.15) is 34.5 Å². The summed E-state index contributed by atoms with van der Waals surface area (Å²) in [5, 5.41) is 4.87. The lowest BCUT2D eigenvalue weighted by molar-refractivity contribution is -0.918. The smallest absolute Gasteiger partial charge is 0.287 e. The topological polar surface area (TPSA) is 55.9 Å². The third-order valence-electron chi connectivity index (χ3n) is 5.59. The van der Waals surface area contributed by atoms with E-state index in [1.54, 1.807) is 7.11 Å². The van der Waals surface area contributed by atoms with Crippen LogP contribution in [0, 0.1) is 0 Å². The van der Waals surface area contributed by atoms with Gasteiger partial charge in [-0.1, -0.05) is 41.9 Å². The molecule has 29 heavy (non-hydrogen) atoms. The summed E-state index contributed by atoms with van der Waals surface area (Å²) >= 11 is 5.97. The number of ether oxygens (including phenoxy) is 1. The summed E-state index contributed by atoms with van der Waals surface area (Å²) in [7, 11) is 1.63. The summed E-state index contributed by atoms with van der Waals surface area (Å²) in [6.07, 6.45) is 1.91. The third kappa shape index (κ3) is 4.64. The largest absolute Gasteiger partial charge is 0.451 e. The molecule has 1 aromatic heterocycles. The number of fused-ring (bicyclic) bond motifs is 1. The number of methoxy groups -OCH3 is 1. The third-order valence-corrected chi connectivity index (χ3v) is 5.84. The van der Waals surface area contributed by atoms with Gasteiger partial charge in [0.1, 0.15) is 12.1 Å². The van der Waals surface area contributed by atoms with Crippen molar-refractivity contribution in [3.63, 3.8) is 0 Å². The van der Waals surface area contributed by atoms with E-state index in [-0.39, 0.29) is 11.9 Å². The Morgan fingerprint density at radius 2 is 1.90 bits per heavy atom. The molecule has 0 saturated carbocycles. The maximum absolute atomic E-state index is 12.9. The number of likely N-dealkylation sites (tertiary alicyclic amines) is 1. The van der Waals surface area contributed by atoms with Crippen LogP contribution in [-0.4, -0.2) is 32.1 Å². The zero-order valence-electron chi connectivity index (χ0n) is 16.5. The van der Waals surface area contributed by atoms with Crippen molar-refractivity contribution in [2.45, 2.75) is 32.0 Å². The van der Waals surface area contributed by atoms with Gasteiger partial charge in [-0.15, -0.1) is 0 Å². The van der Waals surface area contributed by atoms with E-state index in [0.717, 1.165) is 48.4 Å². The predicted octanol–water partition coefficient (Wildman–Crippen LogP) is 3.21. The highest BCUT2D eigenvalue weighted by molar-refractivity contribution is 6.30. The second kappa shape index (κ2) is 8.99. The highest BCUT2D eigenvalue weighted by atomic mass is 35.5. The van der Waals surface area contributed by atoms with E-state index < -0.39 is 0 Å². The van der Waals surface area contributed by atoms with Crippen molar-refractivity contribution < 1.29 is 18.8 Å². The number of halogens is 1. The van der Waals surface area contributed by atoms with E-state index in [0.29, 0.717) is 18.0 Å². The van der Waals surface area contributed by atoms with Gasteiger partial charge in [0, 0.05) is 47.5 Å². The number of quaternary nitrogens is 1. The molecule has 152 valence electrons. The van der Waals surface area contributed by atoms with E-state index in [4.69, 9.17) is 20.8 Å². The normalized spacial score (nSPS) is 19.4. The number of hydrogen-bond donors (Lipinski definition) is 2. The molecule has 0 aliphatic carbocycles. The van der Waals surface area contributed by atoms with Crippen LogP contribution in [0.15, 0.2) is 52.9 Å². The van der Waals surface area contributed by atoms with Gasteiger partial charge in [-0.2, -0.15) is 0 Å². The number of hydrogen-bond acceptors (Lipinski definition) is 3. The van der Waals surface area contributed by atoms with Crippen LogP contribution in [0.25, 0.3) is 11.0 Å². The number of amides is 1. The van der Waals surface area contributed by atoms with E-state index in [1.807, 2.05) is 36.4 Å². The molecule has 1 fully saturated rings. The van der Waals surface area contributed by atoms with Crippen molar-refractivity contribution in [1.29, 1.82) is 0 Å². The molecule has 0 bridgehead atoms. The van der Waals surface area contributed by atoms with Crippen molar-refractivity contribution >= 4 is 28.5 Å². The van der Waals surface area contributed by atoms with Crippen molar-refractivity contribution in [2.24, 2.45) is 0 Å². The lowest BCUT2D eigenvalue weighted by Crippen LogP contribution is -3.12. The van der Waals surface area contributed by atoms with Crippen LogP contribution in [0.4, 0.5) is 0 Å². The summed E-state index contributed by atoms with van der Waals surface area (Å²) in [5.74, 6) is 0.211. The molecule has 5 nitrogen and oxygen atoms in total. The molecular weight excluding hydrogens is 388 g/mol. The first-order chi connectivity index (χ1) is 14.1. The van der Waals surface area contributed by atoms with Gasteiger partial charge in [-0.3, -0.25) is 4.79 Å². The SMILES string of the molecule is COCc1c(C(=O)NC2CC[NH+](Cc3ccc(Cl)cc3)CC2)oc2ccccc12.